The van der Waals surface area contributed by atoms with Crippen LogP contribution < -0.4 is 14.9 Å². The molecule has 3 aromatic carbocycles. The molecule has 6 nitrogen and oxygen atoms in total. The minimum absolute atomic E-state index is 0.394. The van der Waals surface area contributed by atoms with Crippen LogP contribution in [-0.4, -0.2) is 24.2 Å². The molecule has 0 radical (unpaired) electrons. The summed E-state index contributed by atoms with van der Waals surface area (Å²) in [5.74, 6) is 0.0161. The molecule has 0 bridgehead atoms. The van der Waals surface area contributed by atoms with Crippen molar-refractivity contribution in [1.82, 2.24) is 5.43 Å². The smallest absolute Gasteiger partial charge is 0.344 e. The fraction of sp³-hybridized carbons (Fsp3) is 0.0870. The average Bonchev–Trinajstić information content (AvgIpc) is 2.75. The van der Waals surface area contributed by atoms with Gasteiger partial charge in [0.05, 0.1) is 11.8 Å². The van der Waals surface area contributed by atoms with Crippen molar-refractivity contribution >= 4 is 45.6 Å². The lowest BCUT2D eigenvalue weighted by atomic mass is 10.2. The van der Waals surface area contributed by atoms with Crippen LogP contribution in [0.2, 0.25) is 5.02 Å². The normalized spacial score (nSPS) is 11.7. The number of amides is 1. The highest BCUT2D eigenvalue weighted by Gasteiger charge is 2.14. The maximum absolute atomic E-state index is 12.2. The molecule has 0 aliphatic rings. The van der Waals surface area contributed by atoms with Crippen LogP contribution in [0.25, 0.3) is 0 Å². The molecule has 0 spiro atoms. The van der Waals surface area contributed by atoms with Crippen molar-refractivity contribution in [3.8, 4) is 11.5 Å². The van der Waals surface area contributed by atoms with E-state index in [0.717, 1.165) is 0 Å². The Bertz CT molecular complexity index is 1100. The molecule has 0 saturated carbocycles. The third kappa shape index (κ3) is 6.67. The first-order valence-corrected chi connectivity index (χ1v) is 10.4. The van der Waals surface area contributed by atoms with Crippen molar-refractivity contribution < 1.29 is 19.1 Å². The highest BCUT2D eigenvalue weighted by atomic mass is 79.9. The molecule has 0 heterocycles. The number of nitrogens with one attached hydrogen (secondary N) is 1. The van der Waals surface area contributed by atoms with Gasteiger partial charge in [-0.3, -0.25) is 4.79 Å². The highest BCUT2D eigenvalue weighted by Crippen LogP contribution is 2.20. The van der Waals surface area contributed by atoms with Crippen LogP contribution in [0.15, 0.2) is 82.4 Å². The van der Waals surface area contributed by atoms with E-state index in [2.05, 4.69) is 26.5 Å². The lowest BCUT2D eigenvalue weighted by molar-refractivity contribution is -0.127. The van der Waals surface area contributed by atoms with Crippen LogP contribution in [-0.2, 0) is 4.79 Å². The summed E-state index contributed by atoms with van der Waals surface area (Å²) in [4.78, 5) is 24.4. The van der Waals surface area contributed by atoms with Gasteiger partial charge in [0.2, 0.25) is 0 Å². The number of hydrogen-bond donors (Lipinski definition) is 1. The molecule has 1 amide bonds. The molecule has 158 valence electrons. The molecule has 8 heteroatoms. The number of nitrogens with zero attached hydrogens (tertiary/aromatic N) is 1. The number of esters is 1. The maximum atomic E-state index is 12.2. The predicted octanol–water partition coefficient (Wildman–Crippen LogP) is 5.24. The fourth-order valence-electron chi connectivity index (χ4n) is 2.47. The fourth-order valence-corrected chi connectivity index (χ4v) is 3.10. The van der Waals surface area contributed by atoms with Crippen molar-refractivity contribution in [3.63, 3.8) is 0 Å². The molecule has 0 aliphatic heterocycles. The minimum atomic E-state index is -0.755. The zero-order chi connectivity index (χ0) is 22.2. The van der Waals surface area contributed by atoms with Crippen molar-refractivity contribution in [1.29, 1.82) is 0 Å². The van der Waals surface area contributed by atoms with Gasteiger partial charge in [0.15, 0.2) is 6.10 Å². The molecule has 1 unspecified atom stereocenters. The molecule has 1 N–H and O–H groups in total. The van der Waals surface area contributed by atoms with E-state index >= 15 is 0 Å². The summed E-state index contributed by atoms with van der Waals surface area (Å²) in [6, 6.07) is 20.5. The Kier molecular flexibility index (Phi) is 7.81. The van der Waals surface area contributed by atoms with E-state index in [1.807, 2.05) is 6.07 Å². The average molecular weight is 502 g/mol. The predicted molar refractivity (Wildman–Crippen MR) is 123 cm³/mol. The number of hydrazone groups is 1. The van der Waals surface area contributed by atoms with E-state index in [9.17, 15) is 9.59 Å². The van der Waals surface area contributed by atoms with Gasteiger partial charge in [-0.05, 0) is 83.0 Å². The van der Waals surface area contributed by atoms with Gasteiger partial charge >= 0.3 is 5.97 Å². The molecule has 0 aromatic heterocycles. The standard InChI is InChI=1S/C23H18BrClN2O4/c1-15(30-19-6-4-5-17(25)13-19)22(28)27-26-14-16-9-11-18(12-10-16)31-23(29)20-7-2-3-8-21(20)24/h2-15H,1H3,(H,27,28)/b26-14+. The van der Waals surface area contributed by atoms with Crippen LogP contribution >= 0.6 is 27.5 Å². The summed E-state index contributed by atoms with van der Waals surface area (Å²) < 4.78 is 11.6. The quantitative estimate of drug-likeness (QED) is 0.208. The van der Waals surface area contributed by atoms with Crippen molar-refractivity contribution in [2.75, 3.05) is 0 Å². The molecule has 3 rings (SSSR count). The second-order valence-electron chi connectivity index (χ2n) is 6.39. The first-order valence-electron chi connectivity index (χ1n) is 9.24. The number of rotatable bonds is 7. The van der Waals surface area contributed by atoms with E-state index in [0.29, 0.717) is 32.1 Å². The molecule has 0 aliphatic carbocycles. The highest BCUT2D eigenvalue weighted by molar-refractivity contribution is 9.10. The number of carbonyl (C=O) groups is 2. The van der Waals surface area contributed by atoms with Crippen LogP contribution in [0.5, 0.6) is 11.5 Å². The van der Waals surface area contributed by atoms with Crippen LogP contribution in [0.1, 0.15) is 22.8 Å². The van der Waals surface area contributed by atoms with Gasteiger partial charge in [0.25, 0.3) is 5.91 Å². The Balaban J connectivity index is 1.51. The lowest BCUT2D eigenvalue weighted by Crippen LogP contribution is -2.33. The molecule has 0 saturated heterocycles. The summed E-state index contributed by atoms with van der Waals surface area (Å²) in [5.41, 5.74) is 3.57. The number of hydrogen-bond acceptors (Lipinski definition) is 5. The Morgan fingerprint density at radius 1 is 1.03 bits per heavy atom. The third-order valence-corrected chi connectivity index (χ3v) is 4.98. The first kappa shape index (κ1) is 22.5. The summed E-state index contributed by atoms with van der Waals surface area (Å²) in [7, 11) is 0. The van der Waals surface area contributed by atoms with Gasteiger partial charge in [-0.15, -0.1) is 0 Å². The Morgan fingerprint density at radius 2 is 1.77 bits per heavy atom. The van der Waals surface area contributed by atoms with E-state index in [-0.39, 0.29) is 0 Å². The molecular weight excluding hydrogens is 484 g/mol. The van der Waals surface area contributed by atoms with E-state index in [1.54, 1.807) is 73.7 Å². The van der Waals surface area contributed by atoms with E-state index in [4.69, 9.17) is 21.1 Å². The number of carbonyl (C=O) groups excluding carboxylic acids is 2. The zero-order valence-corrected chi connectivity index (χ0v) is 18.8. The Labute approximate surface area is 193 Å². The summed E-state index contributed by atoms with van der Waals surface area (Å²) >= 11 is 9.23. The second-order valence-corrected chi connectivity index (χ2v) is 7.68. The Morgan fingerprint density at radius 3 is 2.48 bits per heavy atom. The maximum Gasteiger partial charge on any atom is 0.344 e. The molecule has 0 fully saturated rings. The van der Waals surface area contributed by atoms with Gasteiger partial charge in [-0.2, -0.15) is 5.10 Å². The van der Waals surface area contributed by atoms with Gasteiger partial charge in [0, 0.05) is 9.50 Å². The summed E-state index contributed by atoms with van der Waals surface area (Å²) in [5, 5.41) is 4.45. The lowest BCUT2D eigenvalue weighted by Gasteiger charge is -2.12. The van der Waals surface area contributed by atoms with E-state index < -0.39 is 18.0 Å². The second kappa shape index (κ2) is 10.7. The van der Waals surface area contributed by atoms with Crippen molar-refractivity contribution in [2.24, 2.45) is 5.10 Å². The number of halogens is 2. The molecule has 31 heavy (non-hydrogen) atoms. The molecule has 1 atom stereocenters. The van der Waals surface area contributed by atoms with Crippen molar-refractivity contribution in [3.05, 3.63) is 93.4 Å². The van der Waals surface area contributed by atoms with Crippen LogP contribution in [0.3, 0.4) is 0 Å². The summed E-state index contributed by atoms with van der Waals surface area (Å²) in [6.07, 6.45) is 0.721. The van der Waals surface area contributed by atoms with Gasteiger partial charge in [-0.25, -0.2) is 10.2 Å². The van der Waals surface area contributed by atoms with Crippen molar-refractivity contribution in [2.45, 2.75) is 13.0 Å². The zero-order valence-electron chi connectivity index (χ0n) is 16.4. The molecule has 3 aromatic rings. The largest absolute Gasteiger partial charge is 0.481 e. The number of benzene rings is 3. The number of ether oxygens (including phenoxy) is 2. The third-order valence-electron chi connectivity index (χ3n) is 4.05. The van der Waals surface area contributed by atoms with Gasteiger partial charge < -0.3 is 9.47 Å². The minimum Gasteiger partial charge on any atom is -0.481 e. The summed E-state index contributed by atoms with van der Waals surface area (Å²) in [6.45, 7) is 1.61. The first-order chi connectivity index (χ1) is 14.9. The SMILES string of the molecule is CC(Oc1cccc(Cl)c1)C(=O)N/N=C/c1ccc(OC(=O)c2ccccc2Br)cc1. The van der Waals surface area contributed by atoms with Gasteiger partial charge in [0.1, 0.15) is 11.5 Å². The topological polar surface area (TPSA) is 77.0 Å². The van der Waals surface area contributed by atoms with Crippen LogP contribution in [0.4, 0.5) is 0 Å². The molecular formula is C23H18BrClN2O4. The Hall–Kier alpha value is -3.16. The van der Waals surface area contributed by atoms with Crippen LogP contribution in [0, 0.1) is 0 Å². The van der Waals surface area contributed by atoms with Gasteiger partial charge in [-0.1, -0.05) is 29.8 Å². The monoisotopic (exact) mass is 500 g/mol. The van der Waals surface area contributed by atoms with E-state index in [1.165, 1.54) is 6.21 Å².